The zero-order valence-corrected chi connectivity index (χ0v) is 18.6. The Morgan fingerprint density at radius 1 is 0.938 bits per heavy atom. The Morgan fingerprint density at radius 3 is 2.50 bits per heavy atom. The Kier molecular flexibility index (Phi) is 6.14. The van der Waals surface area contributed by atoms with Crippen molar-refractivity contribution in [1.82, 2.24) is 9.88 Å². The SMILES string of the molecule is COc1ccc(N2CCC(N3CC[C@@H](Oc4cccc5ncccc45)[C@H](O)C3)CC2)cc1. The van der Waals surface area contributed by atoms with Gasteiger partial charge in [0.2, 0.25) is 0 Å². The summed E-state index contributed by atoms with van der Waals surface area (Å²) in [6, 6.07) is 18.7. The maximum Gasteiger partial charge on any atom is 0.129 e. The van der Waals surface area contributed by atoms with Crippen LogP contribution in [-0.4, -0.2) is 66.5 Å². The van der Waals surface area contributed by atoms with Crippen molar-refractivity contribution in [2.45, 2.75) is 37.5 Å². The molecule has 6 heteroatoms. The van der Waals surface area contributed by atoms with Crippen molar-refractivity contribution in [3.63, 3.8) is 0 Å². The summed E-state index contributed by atoms with van der Waals surface area (Å²) >= 11 is 0. The minimum Gasteiger partial charge on any atom is -0.497 e. The summed E-state index contributed by atoms with van der Waals surface area (Å²) in [6.07, 6.45) is 4.17. The third kappa shape index (κ3) is 4.38. The summed E-state index contributed by atoms with van der Waals surface area (Å²) in [5, 5.41) is 11.9. The molecule has 0 saturated carbocycles. The largest absolute Gasteiger partial charge is 0.497 e. The van der Waals surface area contributed by atoms with Crippen molar-refractivity contribution in [1.29, 1.82) is 0 Å². The summed E-state index contributed by atoms with van der Waals surface area (Å²) in [6.45, 7) is 3.69. The summed E-state index contributed by atoms with van der Waals surface area (Å²) in [5.41, 5.74) is 2.17. The summed E-state index contributed by atoms with van der Waals surface area (Å²) in [5.74, 6) is 1.70. The van der Waals surface area contributed by atoms with Gasteiger partial charge in [-0.2, -0.15) is 0 Å². The Hall–Kier alpha value is -2.83. The Labute approximate surface area is 189 Å². The zero-order valence-electron chi connectivity index (χ0n) is 18.6. The van der Waals surface area contributed by atoms with Crippen LogP contribution in [-0.2, 0) is 0 Å². The maximum atomic E-state index is 10.9. The van der Waals surface area contributed by atoms with Gasteiger partial charge >= 0.3 is 0 Å². The molecule has 2 aromatic carbocycles. The molecule has 3 aromatic rings. The van der Waals surface area contributed by atoms with E-state index in [0.717, 1.165) is 61.3 Å². The van der Waals surface area contributed by atoms with Crippen LogP contribution < -0.4 is 14.4 Å². The maximum absolute atomic E-state index is 10.9. The highest BCUT2D eigenvalue weighted by atomic mass is 16.5. The fourth-order valence-electron chi connectivity index (χ4n) is 5.03. The molecule has 2 aliphatic rings. The Morgan fingerprint density at radius 2 is 1.75 bits per heavy atom. The van der Waals surface area contributed by atoms with Crippen LogP contribution in [0.15, 0.2) is 60.8 Å². The number of anilines is 1. The highest BCUT2D eigenvalue weighted by molar-refractivity contribution is 5.84. The lowest BCUT2D eigenvalue weighted by Gasteiger charge is -2.44. The lowest BCUT2D eigenvalue weighted by molar-refractivity contribution is -0.0394. The van der Waals surface area contributed by atoms with E-state index in [0.29, 0.717) is 12.6 Å². The van der Waals surface area contributed by atoms with E-state index in [1.807, 2.05) is 42.5 Å². The number of ether oxygens (including phenoxy) is 2. The van der Waals surface area contributed by atoms with Crippen LogP contribution in [0.2, 0.25) is 0 Å². The first-order valence-electron chi connectivity index (χ1n) is 11.5. The highest BCUT2D eigenvalue weighted by Crippen LogP contribution is 2.29. The standard InChI is InChI=1S/C26H31N3O3/c1-31-21-9-7-19(8-10-21)28-15-11-20(12-16-28)29-17-13-26(24(30)18-29)32-25-6-2-5-23-22(25)4-3-14-27-23/h2-10,14,20,24,26,30H,11-13,15-18H2,1H3/t24-,26-/m1/s1. The predicted molar refractivity (Wildman–Crippen MR) is 127 cm³/mol. The molecule has 0 bridgehead atoms. The predicted octanol–water partition coefficient (Wildman–Crippen LogP) is 3.73. The normalized spacial score (nSPS) is 22.8. The van der Waals surface area contributed by atoms with Crippen LogP contribution >= 0.6 is 0 Å². The lowest BCUT2D eigenvalue weighted by atomic mass is 9.97. The van der Waals surface area contributed by atoms with E-state index in [1.54, 1.807) is 13.3 Å². The molecule has 0 spiro atoms. The van der Waals surface area contributed by atoms with Gasteiger partial charge in [-0.3, -0.25) is 9.88 Å². The van der Waals surface area contributed by atoms with Gasteiger partial charge in [-0.1, -0.05) is 6.07 Å². The van der Waals surface area contributed by atoms with Crippen LogP contribution in [0.4, 0.5) is 5.69 Å². The van der Waals surface area contributed by atoms with Crippen molar-refractivity contribution in [3.8, 4) is 11.5 Å². The topological polar surface area (TPSA) is 58.1 Å². The molecule has 0 radical (unpaired) electrons. The van der Waals surface area contributed by atoms with E-state index in [9.17, 15) is 5.11 Å². The molecule has 1 N–H and O–H groups in total. The first-order valence-corrected chi connectivity index (χ1v) is 11.5. The Balaban J connectivity index is 1.16. The number of aromatic nitrogens is 1. The fraction of sp³-hybridized carbons (Fsp3) is 0.423. The summed E-state index contributed by atoms with van der Waals surface area (Å²) in [7, 11) is 1.70. The number of benzene rings is 2. The fourth-order valence-corrected chi connectivity index (χ4v) is 5.03. The number of hydrogen-bond acceptors (Lipinski definition) is 6. The molecule has 0 amide bonds. The van der Waals surface area contributed by atoms with Crippen LogP contribution in [0, 0.1) is 0 Å². The molecule has 2 saturated heterocycles. The number of aliphatic hydroxyl groups excluding tert-OH is 1. The van der Waals surface area contributed by atoms with E-state index in [4.69, 9.17) is 9.47 Å². The first-order chi connectivity index (χ1) is 15.7. The van der Waals surface area contributed by atoms with Crippen molar-refractivity contribution < 1.29 is 14.6 Å². The minimum atomic E-state index is -0.490. The van der Waals surface area contributed by atoms with Crippen molar-refractivity contribution in [2.75, 3.05) is 38.2 Å². The number of fused-ring (bicyclic) bond motifs is 1. The molecule has 2 fully saturated rings. The second-order valence-corrected chi connectivity index (χ2v) is 8.75. The molecule has 32 heavy (non-hydrogen) atoms. The summed E-state index contributed by atoms with van der Waals surface area (Å²) in [4.78, 5) is 9.30. The highest BCUT2D eigenvalue weighted by Gasteiger charge is 2.34. The van der Waals surface area contributed by atoms with Crippen molar-refractivity contribution in [3.05, 3.63) is 60.8 Å². The number of β-amino-alcohol motifs (C(OH)–C–C–N with tert-alkyl or cyclic N) is 1. The van der Waals surface area contributed by atoms with Gasteiger partial charge in [0.1, 0.15) is 23.7 Å². The van der Waals surface area contributed by atoms with Gasteiger partial charge in [-0.05, 0) is 67.8 Å². The third-order valence-electron chi connectivity index (χ3n) is 6.85. The Bertz CT molecular complexity index is 1030. The molecule has 1 aromatic heterocycles. The van der Waals surface area contributed by atoms with Crippen LogP contribution in [0.5, 0.6) is 11.5 Å². The quantitative estimate of drug-likeness (QED) is 0.662. The molecule has 2 atom stereocenters. The van der Waals surface area contributed by atoms with E-state index in [2.05, 4.69) is 26.9 Å². The van der Waals surface area contributed by atoms with Gasteiger partial charge < -0.3 is 19.5 Å². The molecular formula is C26H31N3O3. The second-order valence-electron chi connectivity index (χ2n) is 8.75. The number of aliphatic hydroxyl groups is 1. The number of likely N-dealkylation sites (tertiary alicyclic amines) is 1. The molecule has 0 unspecified atom stereocenters. The van der Waals surface area contributed by atoms with Gasteiger partial charge in [-0.15, -0.1) is 0 Å². The van der Waals surface area contributed by atoms with Crippen molar-refractivity contribution >= 4 is 16.6 Å². The molecule has 168 valence electrons. The van der Waals surface area contributed by atoms with Gasteiger partial charge in [0.25, 0.3) is 0 Å². The second kappa shape index (κ2) is 9.35. The molecule has 2 aliphatic heterocycles. The zero-order chi connectivity index (χ0) is 21.9. The van der Waals surface area contributed by atoms with E-state index >= 15 is 0 Å². The van der Waals surface area contributed by atoms with Gasteiger partial charge in [0, 0.05) is 49.5 Å². The van der Waals surface area contributed by atoms with Gasteiger partial charge in [0.15, 0.2) is 0 Å². The van der Waals surface area contributed by atoms with Gasteiger partial charge in [0.05, 0.1) is 12.6 Å². The molecular weight excluding hydrogens is 402 g/mol. The first kappa shape index (κ1) is 21.0. The number of rotatable bonds is 5. The number of piperidine rings is 2. The number of nitrogens with zero attached hydrogens (tertiary/aromatic N) is 3. The monoisotopic (exact) mass is 433 g/mol. The van der Waals surface area contributed by atoms with Crippen LogP contribution in [0.1, 0.15) is 19.3 Å². The molecule has 3 heterocycles. The molecule has 5 rings (SSSR count). The van der Waals surface area contributed by atoms with Crippen LogP contribution in [0.3, 0.4) is 0 Å². The van der Waals surface area contributed by atoms with Gasteiger partial charge in [-0.25, -0.2) is 0 Å². The van der Waals surface area contributed by atoms with Crippen molar-refractivity contribution in [2.24, 2.45) is 0 Å². The van der Waals surface area contributed by atoms with E-state index in [1.165, 1.54) is 5.69 Å². The molecule has 6 nitrogen and oxygen atoms in total. The number of hydrogen-bond donors (Lipinski definition) is 1. The summed E-state index contributed by atoms with van der Waals surface area (Å²) < 4.78 is 11.5. The minimum absolute atomic E-state index is 0.184. The number of pyridine rings is 1. The third-order valence-corrected chi connectivity index (χ3v) is 6.85. The number of methoxy groups -OCH3 is 1. The smallest absolute Gasteiger partial charge is 0.129 e. The van der Waals surface area contributed by atoms with E-state index < -0.39 is 6.10 Å². The van der Waals surface area contributed by atoms with E-state index in [-0.39, 0.29) is 6.10 Å². The molecule has 0 aliphatic carbocycles. The lowest BCUT2D eigenvalue weighted by Crippen LogP contribution is -2.54. The average Bonchev–Trinajstić information content (AvgIpc) is 2.85. The van der Waals surface area contributed by atoms with Crippen LogP contribution in [0.25, 0.3) is 10.9 Å². The average molecular weight is 434 g/mol.